The van der Waals surface area contributed by atoms with E-state index in [1.807, 2.05) is 68.5 Å². The molecule has 0 aromatic heterocycles. The number of aliphatic hydroxyl groups excluding tert-OH is 1. The Bertz CT molecular complexity index is 3710. The smallest absolute Gasteiger partial charge is 0.410 e. The summed E-state index contributed by atoms with van der Waals surface area (Å²) < 4.78 is 17.6. The molecule has 2 fully saturated rings. The molecular weight excluding hydrogens is 1500 g/mol. The van der Waals surface area contributed by atoms with Gasteiger partial charge in [0.25, 0.3) is 0 Å². The highest BCUT2D eigenvalue weighted by Gasteiger charge is 2.47. The van der Waals surface area contributed by atoms with Gasteiger partial charge in [0.1, 0.15) is 30.8 Å². The molecule has 0 saturated carbocycles. The Kier molecular flexibility index (Phi) is 41.2. The number of likely N-dealkylation sites (tertiary alicyclic amines) is 2. The van der Waals surface area contributed by atoms with Crippen molar-refractivity contribution < 1.29 is 72.1 Å². The molecule has 2 aromatic carbocycles. The minimum absolute atomic E-state index is 0.0729. The van der Waals surface area contributed by atoms with Crippen molar-refractivity contribution in [1.29, 1.82) is 5.41 Å². The van der Waals surface area contributed by atoms with Crippen molar-refractivity contribution in [1.82, 2.24) is 46.2 Å². The Morgan fingerprint density at radius 2 is 1.41 bits per heavy atom. The highest BCUT2D eigenvalue weighted by Crippen LogP contribution is 2.47. The fourth-order valence-electron chi connectivity index (χ4n) is 15.8. The summed E-state index contributed by atoms with van der Waals surface area (Å²) in [7, 11) is 6.09. The number of thioether (sulfide) groups is 1. The first-order valence-electron chi connectivity index (χ1n) is 41.8. The van der Waals surface area contributed by atoms with Crippen molar-refractivity contribution in [3.63, 3.8) is 0 Å². The van der Waals surface area contributed by atoms with Crippen LogP contribution in [0.25, 0.3) is 0 Å². The van der Waals surface area contributed by atoms with Crippen LogP contribution in [-0.2, 0) is 64.0 Å². The van der Waals surface area contributed by atoms with Crippen LogP contribution in [0.3, 0.4) is 0 Å². The molecule has 0 radical (unpaired) electrons. The van der Waals surface area contributed by atoms with E-state index >= 15 is 0 Å². The quantitative estimate of drug-likeness (QED) is 0.0169. The van der Waals surface area contributed by atoms with Crippen molar-refractivity contribution in [3.8, 4) is 0 Å². The molecule has 28 heteroatoms. The van der Waals surface area contributed by atoms with Crippen LogP contribution in [0.15, 0.2) is 96.6 Å². The van der Waals surface area contributed by atoms with Gasteiger partial charge < -0.3 is 72.2 Å². The van der Waals surface area contributed by atoms with Gasteiger partial charge in [-0.3, -0.25) is 53.0 Å². The molecule has 3 aliphatic rings. The van der Waals surface area contributed by atoms with Gasteiger partial charge in [-0.15, -0.1) is 11.8 Å². The molecule has 2 saturated heterocycles. The number of urea groups is 1. The lowest BCUT2D eigenvalue weighted by Gasteiger charge is -2.41. The van der Waals surface area contributed by atoms with Gasteiger partial charge in [-0.05, 0) is 141 Å². The number of anilines is 1. The second-order valence-electron chi connectivity index (χ2n) is 32.5. The van der Waals surface area contributed by atoms with Crippen LogP contribution in [0, 0.1) is 35.0 Å². The van der Waals surface area contributed by atoms with Crippen LogP contribution in [0.2, 0.25) is 0 Å². The van der Waals surface area contributed by atoms with Gasteiger partial charge >= 0.3 is 12.1 Å². The lowest BCUT2D eigenvalue weighted by Crippen LogP contribution is -2.60. The molecule has 1 aliphatic carbocycles. The second-order valence-corrected chi connectivity index (χ2v) is 34.1. The zero-order valence-corrected chi connectivity index (χ0v) is 72.7. The van der Waals surface area contributed by atoms with Gasteiger partial charge in [-0.25, -0.2) is 9.59 Å². The maximum Gasteiger partial charge on any atom is 0.410 e. The molecule has 27 nitrogen and oxygen atoms in total. The summed E-state index contributed by atoms with van der Waals surface area (Å²) in [5.41, 5.74) is 9.00. The maximum absolute atomic E-state index is 15.0. The molecule has 0 bridgehead atoms. The van der Waals surface area contributed by atoms with E-state index in [4.69, 9.17) is 25.4 Å². The van der Waals surface area contributed by atoms with Gasteiger partial charge in [0, 0.05) is 71.2 Å². The van der Waals surface area contributed by atoms with Crippen LogP contribution < -0.4 is 37.6 Å². The van der Waals surface area contributed by atoms with Crippen molar-refractivity contribution in [2.45, 2.75) is 282 Å². The largest absolute Gasteiger partial charge is 0.445 e. The van der Waals surface area contributed by atoms with Gasteiger partial charge in [-0.1, -0.05) is 188 Å². The van der Waals surface area contributed by atoms with E-state index in [-0.39, 0.29) is 97.9 Å². The number of hydrogen-bond acceptors (Lipinski definition) is 17. The second kappa shape index (κ2) is 48.8. The zero-order chi connectivity index (χ0) is 86.1. The highest BCUT2D eigenvalue weighted by atomic mass is 32.2. The normalized spacial score (nSPS) is 19.4. The molecular formula is C88H136N12O15S. The molecule has 116 heavy (non-hydrogen) atoms. The van der Waals surface area contributed by atoms with Gasteiger partial charge in [0.2, 0.25) is 53.2 Å². The Labute approximate surface area is 693 Å². The molecule has 2 aliphatic heterocycles. The third kappa shape index (κ3) is 28.5. The maximum atomic E-state index is 15.0. The average Bonchev–Trinajstić information content (AvgIpc) is 1.54. The Balaban J connectivity index is 1.15. The van der Waals surface area contributed by atoms with E-state index < -0.39 is 125 Å². The minimum atomic E-state index is -1.13. The number of carbonyl (C=O) groups excluding carboxylic acids is 11. The number of aliphatic hydroxyl groups is 1. The summed E-state index contributed by atoms with van der Waals surface area (Å²) in [6.07, 6.45) is 21.0. The number of hydrogen-bond donors (Lipinski definition) is 9. The van der Waals surface area contributed by atoms with E-state index in [0.717, 1.165) is 43.2 Å². The van der Waals surface area contributed by atoms with Crippen molar-refractivity contribution in [2.75, 3.05) is 53.3 Å². The standard InChI is InChI=1S/C88H136N12O15S/c1-18-45-88(46-19-2,65-36-25-22-21-23-26-37-65)116-70-53-73(103)100(84(70)109)49-28-24-27-40-71(101)95-74(55(4)5)82(107)94-67(38-31-48-91-86(90)111)81(106)93-66-43-41-62(42-44-66)54-115-87(112)98(15)76(57(8)9)83(108)96-75(56(6)7)85(110)97(14)77(58(10)20-3)69(113-16)52-72(102)99-50-32-39-68(99)79(114-17)60(12)80(105)92-61(13)78(104)64-35-29-34-63(51-64)59(11)33-30-47-89/h21-23,25-26,29,34-37,41-44,47,51,55-61,67-70,74-79,89,104H,18-20,24,27-28,30-33,38-40,45-46,48-50,52-54H2,1-17H3,(H,92,105)(H,93,106)(H,94,107)(H,95,101)(H,96,108)(H3,90,91,111)/b22-21-,23-21?,25-22?,26-23-,36-25-,37-26?,65-36?,65-37+,89-47?/t58-,59?,60+,61-,67-,68-,69+,70?,74-,75-,76-,77-,78-,79+/m0/s1. The first-order chi connectivity index (χ1) is 55.1. The number of unbranched alkanes of at least 4 members (excludes halogenated alkanes) is 2. The zero-order valence-electron chi connectivity index (χ0n) is 71.8. The van der Waals surface area contributed by atoms with Crippen LogP contribution in [0.5, 0.6) is 0 Å². The molecule has 0 spiro atoms. The van der Waals surface area contributed by atoms with Crippen LogP contribution in [0.1, 0.15) is 228 Å². The third-order valence-corrected chi connectivity index (χ3v) is 24.4. The Morgan fingerprint density at radius 1 is 0.741 bits per heavy atom. The number of ether oxygens (including phenoxy) is 3. The summed E-state index contributed by atoms with van der Waals surface area (Å²) in [6, 6.07) is 7.19. The fraction of sp³-hybridized carbons (Fsp3) is 0.636. The number of benzene rings is 2. The lowest BCUT2D eigenvalue weighted by atomic mass is 9.87. The number of imide groups is 1. The summed E-state index contributed by atoms with van der Waals surface area (Å²) in [6.45, 7) is 25.0. The number of nitrogens with zero attached hydrogens (tertiary/aromatic N) is 4. The molecule has 10 N–H and O–H groups in total. The van der Waals surface area contributed by atoms with Gasteiger partial charge in [0.15, 0.2) is 0 Å². The summed E-state index contributed by atoms with van der Waals surface area (Å²) in [5, 5.41) is 35.3. The van der Waals surface area contributed by atoms with Gasteiger partial charge in [0.05, 0.1) is 54.0 Å². The molecule has 12 amide bonds. The van der Waals surface area contributed by atoms with E-state index in [0.29, 0.717) is 68.3 Å². The van der Waals surface area contributed by atoms with Crippen molar-refractivity contribution in [2.24, 2.45) is 35.3 Å². The number of amides is 12. The number of rotatable bonds is 49. The molecule has 14 atom stereocenters. The molecule has 2 heterocycles. The van der Waals surface area contributed by atoms with E-state index in [1.165, 1.54) is 37.3 Å². The van der Waals surface area contributed by atoms with E-state index in [9.17, 15) is 57.8 Å². The summed E-state index contributed by atoms with van der Waals surface area (Å²) in [4.78, 5) is 158. The SMILES string of the molecule is CCCC(CCC)(SC1CC(=O)N(CCCCCC(=O)N[C@H](C(=O)N[C@@H](CCCNC(N)=O)C(=O)Nc2ccc(COC(=O)N(C)[C@H](C(=O)N[C@H](C(=O)N(C)[C@@H]([C@@H](C)CC)[C@@H](CC(=O)N3CCC[C@H]3[C@H](OC)[C@@H](C)C(=O)N[C@@H](C)[C@H](O)c3cccc(C(C)CCC=N)c3)OC)C(C)C)C(C)C)cc2)C(C)C)C1=O)C1=C/C=C\C=C/C=C\1. The molecule has 2 unspecified atom stereocenters. The predicted molar refractivity (Wildman–Crippen MR) is 455 cm³/mol. The number of allylic oxidation sites excluding steroid dienone is 7. The number of carbonyl (C=O) groups is 11. The topological polar surface area (TPSA) is 371 Å². The predicted octanol–water partition coefficient (Wildman–Crippen LogP) is 11.5. The van der Waals surface area contributed by atoms with Gasteiger partial charge in [-0.2, -0.15) is 0 Å². The molecule has 644 valence electrons. The van der Waals surface area contributed by atoms with Crippen molar-refractivity contribution in [3.05, 3.63) is 113 Å². The van der Waals surface area contributed by atoms with Crippen LogP contribution >= 0.6 is 11.8 Å². The van der Waals surface area contributed by atoms with Crippen LogP contribution in [-0.4, -0.2) is 209 Å². The third-order valence-electron chi connectivity index (χ3n) is 22.6. The Morgan fingerprint density at radius 3 is 2.03 bits per heavy atom. The first kappa shape index (κ1) is 97.8. The Hall–Kier alpha value is -8.73. The molecule has 5 rings (SSSR count). The fourth-order valence-corrected chi connectivity index (χ4v) is 17.8. The van der Waals surface area contributed by atoms with Crippen molar-refractivity contribution >= 4 is 89.0 Å². The van der Waals surface area contributed by atoms with E-state index in [1.54, 1.807) is 108 Å². The number of nitrogens with two attached hydrogens (primary N) is 1. The van der Waals surface area contributed by atoms with E-state index in [2.05, 4.69) is 64.8 Å². The number of methoxy groups -OCH3 is 2. The number of likely N-dealkylation sites (N-methyl/N-ethyl adjacent to an activating group) is 2. The van der Waals surface area contributed by atoms with Crippen LogP contribution in [0.4, 0.5) is 15.3 Å². The summed E-state index contributed by atoms with van der Waals surface area (Å²) in [5.74, 6) is -5.61. The number of nitrogens with one attached hydrogen (secondary N) is 7. The average molecular weight is 1630 g/mol. The lowest BCUT2D eigenvalue weighted by molar-refractivity contribution is -0.148. The molecule has 2 aromatic rings. The first-order valence-corrected chi connectivity index (χ1v) is 42.7. The highest BCUT2D eigenvalue weighted by molar-refractivity contribution is 8.02. The minimum Gasteiger partial charge on any atom is -0.445 e. The monoisotopic (exact) mass is 1630 g/mol. The summed E-state index contributed by atoms with van der Waals surface area (Å²) >= 11 is 1.61. The number of primary amides is 1.